The summed E-state index contributed by atoms with van der Waals surface area (Å²) in [6.07, 6.45) is 3.81. The number of rotatable bonds is 7. The topological polar surface area (TPSA) is 29.3 Å². The first-order chi connectivity index (χ1) is 9.06. The van der Waals surface area contributed by atoms with E-state index in [1.807, 2.05) is 0 Å². The normalized spacial score (nSPS) is 17.2. The van der Waals surface area contributed by atoms with Crippen LogP contribution in [-0.2, 0) is 0 Å². The van der Waals surface area contributed by atoms with Gasteiger partial charge in [0.15, 0.2) is 0 Å². The van der Waals surface area contributed by atoms with Gasteiger partial charge in [-0.15, -0.1) is 0 Å². The van der Waals surface area contributed by atoms with E-state index in [9.17, 15) is 4.39 Å². The van der Waals surface area contributed by atoms with E-state index in [1.54, 1.807) is 12.1 Å². The Kier molecular flexibility index (Phi) is 4.94. The fourth-order valence-electron chi connectivity index (χ4n) is 2.35. The van der Waals surface area contributed by atoms with Gasteiger partial charge < -0.3 is 5.73 Å². The van der Waals surface area contributed by atoms with Crippen LogP contribution in [0.4, 0.5) is 4.39 Å². The minimum atomic E-state index is -0.199. The number of halogens is 1. The molecule has 106 valence electrons. The van der Waals surface area contributed by atoms with E-state index in [2.05, 4.69) is 18.7 Å². The van der Waals surface area contributed by atoms with Gasteiger partial charge in [0, 0.05) is 18.6 Å². The van der Waals surface area contributed by atoms with Gasteiger partial charge in [-0.2, -0.15) is 0 Å². The van der Waals surface area contributed by atoms with E-state index in [1.165, 1.54) is 31.4 Å². The van der Waals surface area contributed by atoms with Crippen molar-refractivity contribution in [3.05, 3.63) is 35.6 Å². The summed E-state index contributed by atoms with van der Waals surface area (Å²) in [7, 11) is 0. The van der Waals surface area contributed by atoms with Crippen LogP contribution in [0.5, 0.6) is 0 Å². The van der Waals surface area contributed by atoms with Crippen molar-refractivity contribution in [2.24, 2.45) is 11.7 Å². The zero-order chi connectivity index (χ0) is 13.8. The average Bonchev–Trinajstić information content (AvgIpc) is 3.19. The van der Waals surface area contributed by atoms with Gasteiger partial charge in [-0.05, 0) is 49.4 Å². The minimum Gasteiger partial charge on any atom is -0.323 e. The van der Waals surface area contributed by atoms with Crippen molar-refractivity contribution >= 4 is 0 Å². The summed E-state index contributed by atoms with van der Waals surface area (Å²) < 4.78 is 12.9. The molecule has 1 fully saturated rings. The monoisotopic (exact) mass is 264 g/mol. The van der Waals surface area contributed by atoms with E-state index in [0.29, 0.717) is 0 Å². The van der Waals surface area contributed by atoms with Crippen LogP contribution in [0, 0.1) is 11.7 Å². The standard InChI is InChI=1S/C16H25FN2/c1-12(2)9-10-19(15-7-8-15)11-16(18)13-3-5-14(17)6-4-13/h3-6,12,15-16H,7-11,18H2,1-2H3. The fourth-order valence-corrected chi connectivity index (χ4v) is 2.35. The Balaban J connectivity index is 1.90. The molecule has 0 spiro atoms. The Bertz CT molecular complexity index is 384. The SMILES string of the molecule is CC(C)CCN(CC(N)c1ccc(F)cc1)C1CC1. The third kappa shape index (κ3) is 4.59. The van der Waals surface area contributed by atoms with E-state index in [4.69, 9.17) is 5.73 Å². The molecule has 1 aliphatic rings. The van der Waals surface area contributed by atoms with Gasteiger partial charge in [-0.1, -0.05) is 26.0 Å². The summed E-state index contributed by atoms with van der Waals surface area (Å²) in [5, 5.41) is 0. The second-order valence-electron chi connectivity index (χ2n) is 6.07. The van der Waals surface area contributed by atoms with E-state index in [-0.39, 0.29) is 11.9 Å². The van der Waals surface area contributed by atoms with Crippen molar-refractivity contribution in [3.63, 3.8) is 0 Å². The summed E-state index contributed by atoms with van der Waals surface area (Å²) in [4.78, 5) is 2.51. The number of benzene rings is 1. The van der Waals surface area contributed by atoms with Gasteiger partial charge in [0.05, 0.1) is 0 Å². The van der Waals surface area contributed by atoms with Gasteiger partial charge >= 0.3 is 0 Å². The van der Waals surface area contributed by atoms with Crippen molar-refractivity contribution < 1.29 is 4.39 Å². The lowest BCUT2D eigenvalue weighted by molar-refractivity contribution is 0.233. The zero-order valence-corrected chi connectivity index (χ0v) is 12.0. The summed E-state index contributed by atoms with van der Waals surface area (Å²) >= 11 is 0. The maximum Gasteiger partial charge on any atom is 0.123 e. The van der Waals surface area contributed by atoms with Gasteiger partial charge in [0.25, 0.3) is 0 Å². The lowest BCUT2D eigenvalue weighted by Gasteiger charge is -2.26. The molecule has 2 rings (SSSR count). The lowest BCUT2D eigenvalue weighted by atomic mass is 10.1. The Morgan fingerprint density at radius 3 is 2.42 bits per heavy atom. The maximum absolute atomic E-state index is 12.9. The van der Waals surface area contributed by atoms with Crippen LogP contribution >= 0.6 is 0 Å². The van der Waals surface area contributed by atoms with Crippen molar-refractivity contribution in [2.45, 2.75) is 45.2 Å². The van der Waals surface area contributed by atoms with Crippen LogP contribution in [0.3, 0.4) is 0 Å². The average molecular weight is 264 g/mol. The van der Waals surface area contributed by atoms with Gasteiger partial charge in [-0.3, -0.25) is 4.90 Å². The minimum absolute atomic E-state index is 0.0200. The van der Waals surface area contributed by atoms with Crippen molar-refractivity contribution in [2.75, 3.05) is 13.1 Å². The smallest absolute Gasteiger partial charge is 0.123 e. The predicted octanol–water partition coefficient (Wildman–Crippen LogP) is 3.34. The van der Waals surface area contributed by atoms with E-state index >= 15 is 0 Å². The first-order valence-electron chi connectivity index (χ1n) is 7.31. The molecule has 1 aromatic rings. The van der Waals surface area contributed by atoms with Gasteiger partial charge in [-0.25, -0.2) is 4.39 Å². The largest absolute Gasteiger partial charge is 0.323 e. The molecule has 1 saturated carbocycles. The Morgan fingerprint density at radius 1 is 1.26 bits per heavy atom. The predicted molar refractivity (Wildman–Crippen MR) is 77.4 cm³/mol. The summed E-state index contributed by atoms with van der Waals surface area (Å²) in [6.45, 7) is 6.51. The third-order valence-corrected chi connectivity index (χ3v) is 3.79. The first-order valence-corrected chi connectivity index (χ1v) is 7.31. The first kappa shape index (κ1) is 14.5. The lowest BCUT2D eigenvalue weighted by Crippen LogP contribution is -2.35. The maximum atomic E-state index is 12.9. The number of hydrogen-bond donors (Lipinski definition) is 1. The molecule has 1 unspecified atom stereocenters. The van der Waals surface area contributed by atoms with Crippen LogP contribution < -0.4 is 5.73 Å². The summed E-state index contributed by atoms with van der Waals surface area (Å²) in [5.74, 6) is 0.526. The summed E-state index contributed by atoms with van der Waals surface area (Å²) in [5.41, 5.74) is 7.28. The Morgan fingerprint density at radius 2 is 1.89 bits per heavy atom. The Labute approximate surface area is 115 Å². The van der Waals surface area contributed by atoms with E-state index in [0.717, 1.165) is 30.6 Å². The van der Waals surface area contributed by atoms with Crippen LogP contribution in [-0.4, -0.2) is 24.0 Å². The molecular formula is C16H25FN2. The zero-order valence-electron chi connectivity index (χ0n) is 12.0. The number of nitrogens with zero attached hydrogens (tertiary/aromatic N) is 1. The molecule has 1 atom stereocenters. The molecule has 2 N–H and O–H groups in total. The highest BCUT2D eigenvalue weighted by molar-refractivity contribution is 5.20. The van der Waals surface area contributed by atoms with Crippen LogP contribution in [0.2, 0.25) is 0 Å². The molecule has 3 heteroatoms. The molecular weight excluding hydrogens is 239 g/mol. The molecule has 0 heterocycles. The molecule has 0 aromatic heterocycles. The highest BCUT2D eigenvalue weighted by Crippen LogP contribution is 2.29. The molecule has 2 nitrogen and oxygen atoms in total. The molecule has 19 heavy (non-hydrogen) atoms. The third-order valence-electron chi connectivity index (χ3n) is 3.79. The van der Waals surface area contributed by atoms with Gasteiger partial charge in [0.2, 0.25) is 0 Å². The summed E-state index contributed by atoms with van der Waals surface area (Å²) in [6, 6.07) is 7.29. The second-order valence-corrected chi connectivity index (χ2v) is 6.07. The van der Waals surface area contributed by atoms with Crippen LogP contribution in [0.25, 0.3) is 0 Å². The molecule has 0 amide bonds. The van der Waals surface area contributed by atoms with Crippen molar-refractivity contribution in [1.29, 1.82) is 0 Å². The Hall–Kier alpha value is -0.930. The van der Waals surface area contributed by atoms with Crippen LogP contribution in [0.1, 0.15) is 44.7 Å². The van der Waals surface area contributed by atoms with Crippen molar-refractivity contribution in [1.82, 2.24) is 4.90 Å². The molecule has 0 aliphatic heterocycles. The molecule has 0 bridgehead atoms. The number of nitrogens with two attached hydrogens (primary N) is 1. The second kappa shape index (κ2) is 6.49. The molecule has 0 saturated heterocycles. The molecule has 0 radical (unpaired) electrons. The molecule has 1 aliphatic carbocycles. The molecule has 1 aromatic carbocycles. The fraction of sp³-hybridized carbons (Fsp3) is 0.625. The number of hydrogen-bond acceptors (Lipinski definition) is 2. The van der Waals surface area contributed by atoms with Crippen LogP contribution in [0.15, 0.2) is 24.3 Å². The highest BCUT2D eigenvalue weighted by atomic mass is 19.1. The highest BCUT2D eigenvalue weighted by Gasteiger charge is 2.29. The van der Waals surface area contributed by atoms with Crippen molar-refractivity contribution in [3.8, 4) is 0 Å². The van der Waals surface area contributed by atoms with E-state index < -0.39 is 0 Å². The quantitative estimate of drug-likeness (QED) is 0.818. The van der Waals surface area contributed by atoms with Gasteiger partial charge in [0.1, 0.15) is 5.82 Å².